The predicted octanol–water partition coefficient (Wildman–Crippen LogP) is 11.7. The van der Waals surface area contributed by atoms with E-state index in [9.17, 15) is 0 Å². The average Bonchev–Trinajstić information content (AvgIpc) is 3.09. The fourth-order valence-electron chi connectivity index (χ4n) is 7.69. The molecule has 0 saturated heterocycles. The monoisotopic (exact) mass is 599 g/mol. The predicted molar refractivity (Wildman–Crippen MR) is 198 cm³/mol. The molecule has 1 aliphatic carbocycles. The molecule has 0 N–H and O–H groups in total. The largest absolute Gasteiger partial charge is 0.363 e. The molecular formula is C45H45N. The van der Waals surface area contributed by atoms with E-state index in [1.165, 1.54) is 73.8 Å². The van der Waals surface area contributed by atoms with Crippen LogP contribution in [0.4, 0.5) is 5.69 Å². The molecule has 1 heteroatoms. The van der Waals surface area contributed by atoms with Crippen LogP contribution in [0.1, 0.15) is 68.9 Å². The van der Waals surface area contributed by atoms with Crippen molar-refractivity contribution in [1.82, 2.24) is 0 Å². The number of benzene rings is 6. The summed E-state index contributed by atoms with van der Waals surface area (Å²) in [5.41, 5.74) is 13.4. The summed E-state index contributed by atoms with van der Waals surface area (Å²) in [6, 6.07) is 49.9. The van der Waals surface area contributed by atoms with Gasteiger partial charge in [0.05, 0.1) is 5.54 Å². The Morgan fingerprint density at radius 1 is 0.543 bits per heavy atom. The van der Waals surface area contributed by atoms with Crippen molar-refractivity contribution in [1.29, 1.82) is 0 Å². The molecular weight excluding hydrogens is 555 g/mol. The molecule has 6 aromatic carbocycles. The van der Waals surface area contributed by atoms with Gasteiger partial charge >= 0.3 is 0 Å². The van der Waals surface area contributed by atoms with Gasteiger partial charge < -0.3 is 4.90 Å². The van der Waals surface area contributed by atoms with Crippen molar-refractivity contribution in [2.75, 3.05) is 11.4 Å². The first kappa shape index (κ1) is 30.1. The maximum absolute atomic E-state index is 2.48. The van der Waals surface area contributed by atoms with Crippen molar-refractivity contribution in [3.05, 3.63) is 161 Å². The summed E-state index contributed by atoms with van der Waals surface area (Å²) in [4.78, 5) is 2.48. The zero-order valence-electron chi connectivity index (χ0n) is 28.0. The van der Waals surface area contributed by atoms with Gasteiger partial charge in [-0.1, -0.05) is 135 Å². The van der Waals surface area contributed by atoms with Crippen molar-refractivity contribution in [3.63, 3.8) is 0 Å². The van der Waals surface area contributed by atoms with Crippen LogP contribution in [-0.4, -0.2) is 6.54 Å². The standard InChI is InChI=1S/C45H45N/c1-6-45(5,38-26-19-34(20-27-38)43-31-35-23-30-40(35)41-15-11-12-16-42(41)43)37-24-17-32(18-25-37)33-21-28-39(29-22-33)46(7-2)44(3,4)36-13-9-8-10-14-36/h8-22,24-29,31H,6-7,23,30H2,1-5H3. The maximum Gasteiger partial charge on any atom is 0.0597 e. The minimum absolute atomic E-state index is 0.0614. The summed E-state index contributed by atoms with van der Waals surface area (Å²) < 4.78 is 0. The highest BCUT2D eigenvalue weighted by Crippen LogP contribution is 2.41. The third kappa shape index (κ3) is 5.13. The third-order valence-corrected chi connectivity index (χ3v) is 10.9. The van der Waals surface area contributed by atoms with Gasteiger partial charge in [-0.3, -0.25) is 0 Å². The second kappa shape index (κ2) is 12.0. The molecule has 1 atom stereocenters. The molecule has 46 heavy (non-hydrogen) atoms. The van der Waals surface area contributed by atoms with Crippen LogP contribution in [0.5, 0.6) is 0 Å². The van der Waals surface area contributed by atoms with E-state index >= 15 is 0 Å². The number of anilines is 1. The van der Waals surface area contributed by atoms with E-state index in [0.717, 1.165) is 13.0 Å². The average molecular weight is 600 g/mol. The van der Waals surface area contributed by atoms with Gasteiger partial charge in [-0.2, -0.15) is 0 Å². The Bertz CT molecular complexity index is 1970. The minimum Gasteiger partial charge on any atom is -0.363 e. The normalized spacial score (nSPS) is 13.9. The Morgan fingerprint density at radius 3 is 1.63 bits per heavy atom. The molecule has 0 fully saturated rings. The quantitative estimate of drug-likeness (QED) is 0.160. The first-order chi connectivity index (χ1) is 22.3. The molecule has 1 unspecified atom stereocenters. The van der Waals surface area contributed by atoms with E-state index in [0.29, 0.717) is 0 Å². The molecule has 1 aliphatic rings. The number of fused-ring (bicyclic) bond motifs is 3. The van der Waals surface area contributed by atoms with Gasteiger partial charge in [-0.25, -0.2) is 0 Å². The first-order valence-corrected chi connectivity index (χ1v) is 17.0. The smallest absolute Gasteiger partial charge is 0.0597 e. The van der Waals surface area contributed by atoms with Crippen molar-refractivity contribution in [3.8, 4) is 22.3 Å². The number of aryl methyl sites for hydroxylation is 2. The van der Waals surface area contributed by atoms with Crippen LogP contribution in [0, 0.1) is 0 Å². The Kier molecular flexibility index (Phi) is 7.81. The van der Waals surface area contributed by atoms with Gasteiger partial charge in [0.25, 0.3) is 0 Å². The van der Waals surface area contributed by atoms with Gasteiger partial charge in [-0.15, -0.1) is 0 Å². The molecule has 0 saturated carbocycles. The van der Waals surface area contributed by atoms with E-state index in [-0.39, 0.29) is 11.0 Å². The molecule has 1 nitrogen and oxygen atoms in total. The highest BCUT2D eigenvalue weighted by atomic mass is 15.2. The Morgan fingerprint density at radius 2 is 1.09 bits per heavy atom. The van der Waals surface area contributed by atoms with E-state index in [1.807, 2.05) is 0 Å². The SMILES string of the molecule is CCN(c1ccc(-c2ccc(C(C)(CC)c3ccc(-c4cc5c(c6ccccc46)CC5)cc3)cc2)cc1)C(C)(C)c1ccccc1. The Labute approximate surface area is 275 Å². The number of hydrogen-bond acceptors (Lipinski definition) is 1. The molecule has 0 amide bonds. The number of rotatable bonds is 9. The number of hydrogen-bond donors (Lipinski definition) is 0. The zero-order valence-corrected chi connectivity index (χ0v) is 28.0. The lowest BCUT2D eigenvalue weighted by atomic mass is 9.73. The zero-order chi connectivity index (χ0) is 31.9. The summed E-state index contributed by atoms with van der Waals surface area (Å²) in [6.45, 7) is 12.5. The van der Waals surface area contributed by atoms with E-state index in [2.05, 4.69) is 173 Å². The van der Waals surface area contributed by atoms with Gasteiger partial charge in [0.2, 0.25) is 0 Å². The molecule has 0 bridgehead atoms. The van der Waals surface area contributed by atoms with Crippen molar-refractivity contribution >= 4 is 16.5 Å². The maximum atomic E-state index is 2.48. The van der Waals surface area contributed by atoms with Gasteiger partial charge in [0, 0.05) is 17.6 Å². The highest BCUT2D eigenvalue weighted by molar-refractivity contribution is 6.00. The molecule has 0 radical (unpaired) electrons. The van der Waals surface area contributed by atoms with E-state index in [4.69, 9.17) is 0 Å². The van der Waals surface area contributed by atoms with E-state index in [1.54, 1.807) is 5.56 Å². The summed E-state index contributed by atoms with van der Waals surface area (Å²) in [7, 11) is 0. The van der Waals surface area contributed by atoms with Crippen LogP contribution in [0.25, 0.3) is 33.0 Å². The lowest BCUT2D eigenvalue weighted by Crippen LogP contribution is -2.41. The van der Waals surface area contributed by atoms with Crippen LogP contribution < -0.4 is 4.90 Å². The lowest BCUT2D eigenvalue weighted by Gasteiger charge is -2.40. The topological polar surface area (TPSA) is 3.24 Å². The fourth-order valence-corrected chi connectivity index (χ4v) is 7.69. The Balaban J connectivity index is 1.13. The molecule has 0 aliphatic heterocycles. The van der Waals surface area contributed by atoms with Crippen LogP contribution >= 0.6 is 0 Å². The molecule has 0 aromatic heterocycles. The van der Waals surface area contributed by atoms with Gasteiger partial charge in [0.1, 0.15) is 0 Å². The Hall–Kier alpha value is -4.62. The highest BCUT2D eigenvalue weighted by Gasteiger charge is 2.29. The molecule has 7 rings (SSSR count). The van der Waals surface area contributed by atoms with Crippen LogP contribution in [0.15, 0.2) is 133 Å². The molecule has 0 spiro atoms. The first-order valence-electron chi connectivity index (χ1n) is 17.0. The minimum atomic E-state index is -0.0997. The van der Waals surface area contributed by atoms with Crippen molar-refractivity contribution < 1.29 is 0 Å². The van der Waals surface area contributed by atoms with E-state index < -0.39 is 0 Å². The van der Waals surface area contributed by atoms with Gasteiger partial charge in [-0.05, 0) is 113 Å². The second-order valence-electron chi connectivity index (χ2n) is 13.7. The van der Waals surface area contributed by atoms with Crippen molar-refractivity contribution in [2.24, 2.45) is 0 Å². The molecule has 0 heterocycles. The van der Waals surface area contributed by atoms with Gasteiger partial charge in [0.15, 0.2) is 0 Å². The summed E-state index contributed by atoms with van der Waals surface area (Å²) >= 11 is 0. The molecule has 230 valence electrons. The van der Waals surface area contributed by atoms with Crippen LogP contribution in [-0.2, 0) is 23.8 Å². The second-order valence-corrected chi connectivity index (χ2v) is 13.7. The van der Waals surface area contributed by atoms with Crippen LogP contribution in [0.3, 0.4) is 0 Å². The number of nitrogens with zero attached hydrogens (tertiary/aromatic N) is 1. The summed E-state index contributed by atoms with van der Waals surface area (Å²) in [5.74, 6) is 0. The summed E-state index contributed by atoms with van der Waals surface area (Å²) in [6.07, 6.45) is 3.44. The van der Waals surface area contributed by atoms with Crippen LogP contribution in [0.2, 0.25) is 0 Å². The summed E-state index contributed by atoms with van der Waals surface area (Å²) in [5, 5.41) is 2.80. The molecule has 6 aromatic rings. The lowest BCUT2D eigenvalue weighted by molar-refractivity contribution is 0.490. The third-order valence-electron chi connectivity index (χ3n) is 10.9. The van der Waals surface area contributed by atoms with Crippen molar-refractivity contribution in [2.45, 2.75) is 64.8 Å². The fraction of sp³-hybridized carbons (Fsp3) is 0.244.